The van der Waals surface area contributed by atoms with E-state index in [4.69, 9.17) is 10.00 Å². The Bertz CT molecular complexity index is 816. The quantitative estimate of drug-likeness (QED) is 0.674. The number of thiazole rings is 1. The number of hydrogen-bond donors (Lipinski definition) is 1. The molecular formula is C22H29N5OS. The van der Waals surface area contributed by atoms with Gasteiger partial charge in [-0.25, -0.2) is 4.98 Å². The molecule has 1 aromatic heterocycles. The Morgan fingerprint density at radius 3 is 2.45 bits per heavy atom. The molecule has 2 fully saturated rings. The Kier molecular flexibility index (Phi) is 6.78. The molecule has 0 radical (unpaired) electrons. The van der Waals surface area contributed by atoms with Crippen molar-refractivity contribution in [3.8, 4) is 6.07 Å². The average Bonchev–Trinajstić information content (AvgIpc) is 3.14. The van der Waals surface area contributed by atoms with E-state index in [1.807, 2.05) is 29.8 Å². The van der Waals surface area contributed by atoms with E-state index < -0.39 is 0 Å². The van der Waals surface area contributed by atoms with Gasteiger partial charge >= 0.3 is 0 Å². The largest absolute Gasteiger partial charge is 0.385 e. The molecule has 1 N–H and O–H groups in total. The van der Waals surface area contributed by atoms with Gasteiger partial charge in [-0.3, -0.25) is 9.80 Å². The average molecular weight is 412 g/mol. The van der Waals surface area contributed by atoms with Crippen molar-refractivity contribution < 1.29 is 4.74 Å². The number of hydrogen-bond acceptors (Lipinski definition) is 7. The monoisotopic (exact) mass is 411 g/mol. The SMILES string of the molecule is Cc1ncsc1CCN1CC2CN(CCCNc3ccc(C#N)cc3)CC(C1)O2. The maximum Gasteiger partial charge on any atom is 0.0991 e. The molecule has 2 bridgehead atoms. The molecule has 2 unspecified atom stereocenters. The number of fused-ring (bicyclic) bond motifs is 2. The van der Waals surface area contributed by atoms with Crippen LogP contribution in [0.2, 0.25) is 0 Å². The second-order valence-electron chi connectivity index (χ2n) is 7.98. The van der Waals surface area contributed by atoms with Crippen LogP contribution in [0.4, 0.5) is 5.69 Å². The third-order valence-corrected chi connectivity index (χ3v) is 6.72. The van der Waals surface area contributed by atoms with Crippen LogP contribution in [0.15, 0.2) is 29.8 Å². The molecule has 2 aromatic rings. The zero-order valence-electron chi connectivity index (χ0n) is 17.0. The summed E-state index contributed by atoms with van der Waals surface area (Å²) in [6, 6.07) is 9.81. The molecule has 2 atom stereocenters. The molecule has 0 aliphatic carbocycles. The van der Waals surface area contributed by atoms with Gasteiger partial charge in [0.2, 0.25) is 0 Å². The van der Waals surface area contributed by atoms with Crippen molar-refractivity contribution in [1.29, 1.82) is 5.26 Å². The minimum atomic E-state index is 0.330. The van der Waals surface area contributed by atoms with E-state index in [-0.39, 0.29) is 0 Å². The minimum absolute atomic E-state index is 0.330. The highest BCUT2D eigenvalue weighted by Crippen LogP contribution is 2.21. The molecule has 3 heterocycles. The van der Waals surface area contributed by atoms with Crippen LogP contribution in [-0.2, 0) is 11.2 Å². The fourth-order valence-corrected chi connectivity index (χ4v) is 5.02. The molecule has 2 aliphatic rings. The molecule has 154 valence electrons. The van der Waals surface area contributed by atoms with Crippen molar-refractivity contribution in [1.82, 2.24) is 14.8 Å². The van der Waals surface area contributed by atoms with E-state index in [2.05, 4.69) is 33.1 Å². The van der Waals surface area contributed by atoms with E-state index in [0.29, 0.717) is 17.8 Å². The topological polar surface area (TPSA) is 64.4 Å². The summed E-state index contributed by atoms with van der Waals surface area (Å²) >= 11 is 1.77. The van der Waals surface area contributed by atoms with Gasteiger partial charge in [-0.1, -0.05) is 0 Å². The van der Waals surface area contributed by atoms with Crippen LogP contribution in [0.25, 0.3) is 0 Å². The molecule has 0 spiro atoms. The Labute approximate surface area is 177 Å². The highest BCUT2D eigenvalue weighted by molar-refractivity contribution is 7.09. The number of aryl methyl sites for hydroxylation is 1. The molecular weight excluding hydrogens is 382 g/mol. The maximum atomic E-state index is 8.86. The van der Waals surface area contributed by atoms with Gasteiger partial charge in [0.15, 0.2) is 0 Å². The maximum absolute atomic E-state index is 8.86. The van der Waals surface area contributed by atoms with Crippen LogP contribution in [-0.4, -0.2) is 72.8 Å². The Morgan fingerprint density at radius 1 is 1.14 bits per heavy atom. The first kappa shape index (κ1) is 20.3. The van der Waals surface area contributed by atoms with Crippen LogP contribution in [0, 0.1) is 18.3 Å². The highest BCUT2D eigenvalue weighted by atomic mass is 32.1. The third kappa shape index (κ3) is 5.55. The Morgan fingerprint density at radius 2 is 1.83 bits per heavy atom. The summed E-state index contributed by atoms with van der Waals surface area (Å²) in [6.07, 6.45) is 2.86. The number of ether oxygens (including phenoxy) is 1. The van der Waals surface area contributed by atoms with E-state index in [1.165, 1.54) is 10.6 Å². The van der Waals surface area contributed by atoms with Crippen molar-refractivity contribution in [3.05, 3.63) is 45.9 Å². The molecule has 0 saturated carbocycles. The summed E-state index contributed by atoms with van der Waals surface area (Å²) in [5.41, 5.74) is 4.91. The molecule has 0 amide bonds. The van der Waals surface area contributed by atoms with Crippen molar-refractivity contribution in [2.75, 3.05) is 51.1 Å². The first-order valence-electron chi connectivity index (χ1n) is 10.4. The molecule has 6 nitrogen and oxygen atoms in total. The van der Waals surface area contributed by atoms with Gasteiger partial charge in [0.1, 0.15) is 0 Å². The first-order chi connectivity index (χ1) is 14.2. The van der Waals surface area contributed by atoms with Crippen molar-refractivity contribution in [3.63, 3.8) is 0 Å². The number of nitrogens with zero attached hydrogens (tertiary/aromatic N) is 4. The lowest BCUT2D eigenvalue weighted by molar-refractivity contribution is -0.138. The summed E-state index contributed by atoms with van der Waals surface area (Å²) in [7, 11) is 0. The number of benzene rings is 1. The standard InChI is InChI=1S/C22H29N5OS/c1-17-22(29-16-25-17)7-10-27-14-20-12-26(13-21(15-27)28-20)9-2-8-24-19-5-3-18(11-23)4-6-19/h3-6,16,20-21,24H,2,7-10,12-15H2,1H3. The lowest BCUT2D eigenvalue weighted by atomic mass is 10.1. The van der Waals surface area contributed by atoms with Gasteiger partial charge in [-0.05, 0) is 44.0 Å². The van der Waals surface area contributed by atoms with Crippen LogP contribution < -0.4 is 5.32 Å². The van der Waals surface area contributed by atoms with Gasteiger partial charge in [-0.15, -0.1) is 11.3 Å². The number of anilines is 1. The molecule has 29 heavy (non-hydrogen) atoms. The highest BCUT2D eigenvalue weighted by Gasteiger charge is 2.34. The van der Waals surface area contributed by atoms with E-state index in [0.717, 1.165) is 64.3 Å². The first-order valence-corrected chi connectivity index (χ1v) is 11.3. The predicted octanol–water partition coefficient (Wildman–Crippen LogP) is 2.75. The number of nitrogens with one attached hydrogen (secondary N) is 1. The third-order valence-electron chi connectivity index (χ3n) is 5.73. The number of morpholine rings is 2. The summed E-state index contributed by atoms with van der Waals surface area (Å²) in [6.45, 7) is 9.39. The summed E-state index contributed by atoms with van der Waals surface area (Å²) in [5, 5.41) is 12.3. The van der Waals surface area contributed by atoms with Crippen molar-refractivity contribution >= 4 is 17.0 Å². The van der Waals surface area contributed by atoms with Gasteiger partial charge < -0.3 is 10.1 Å². The van der Waals surface area contributed by atoms with Gasteiger partial charge in [0.25, 0.3) is 0 Å². The fraction of sp³-hybridized carbons (Fsp3) is 0.545. The zero-order valence-corrected chi connectivity index (χ0v) is 17.8. The lowest BCUT2D eigenvalue weighted by Crippen LogP contribution is -2.59. The fourth-order valence-electron chi connectivity index (χ4n) is 4.25. The predicted molar refractivity (Wildman–Crippen MR) is 116 cm³/mol. The van der Waals surface area contributed by atoms with Crippen molar-refractivity contribution in [2.24, 2.45) is 0 Å². The van der Waals surface area contributed by atoms with Crippen LogP contribution in [0.5, 0.6) is 0 Å². The molecule has 2 saturated heterocycles. The molecule has 2 aliphatic heterocycles. The van der Waals surface area contributed by atoms with Gasteiger partial charge in [0, 0.05) is 56.4 Å². The number of aromatic nitrogens is 1. The Hall–Kier alpha value is -1.98. The van der Waals surface area contributed by atoms with Crippen LogP contribution in [0.1, 0.15) is 22.6 Å². The van der Waals surface area contributed by atoms with Gasteiger partial charge in [-0.2, -0.15) is 5.26 Å². The Balaban J connectivity index is 1.16. The zero-order chi connectivity index (χ0) is 20.1. The second-order valence-corrected chi connectivity index (χ2v) is 8.92. The summed E-state index contributed by atoms with van der Waals surface area (Å²) < 4.78 is 6.21. The van der Waals surface area contributed by atoms with E-state index in [9.17, 15) is 0 Å². The van der Waals surface area contributed by atoms with Crippen molar-refractivity contribution in [2.45, 2.75) is 32.0 Å². The number of nitriles is 1. The number of rotatable bonds is 8. The second kappa shape index (κ2) is 9.68. The minimum Gasteiger partial charge on any atom is -0.385 e. The van der Waals surface area contributed by atoms with E-state index in [1.54, 1.807) is 11.3 Å². The van der Waals surface area contributed by atoms with Gasteiger partial charge in [0.05, 0.1) is 35.0 Å². The smallest absolute Gasteiger partial charge is 0.0991 e. The normalized spacial score (nSPS) is 22.3. The van der Waals surface area contributed by atoms with E-state index >= 15 is 0 Å². The summed E-state index contributed by atoms with van der Waals surface area (Å²) in [4.78, 5) is 10.9. The van der Waals surface area contributed by atoms with Crippen LogP contribution >= 0.6 is 11.3 Å². The molecule has 4 rings (SSSR count). The van der Waals surface area contributed by atoms with Crippen LogP contribution in [0.3, 0.4) is 0 Å². The molecule has 7 heteroatoms. The lowest BCUT2D eigenvalue weighted by Gasteiger charge is -2.46. The summed E-state index contributed by atoms with van der Waals surface area (Å²) in [5.74, 6) is 0. The molecule has 1 aromatic carbocycles.